The molecule has 3 rings (SSSR count). The van der Waals surface area contributed by atoms with Crippen molar-refractivity contribution in [1.29, 1.82) is 0 Å². The van der Waals surface area contributed by atoms with E-state index in [1.54, 1.807) is 7.11 Å². The van der Waals surface area contributed by atoms with Crippen LogP contribution in [0.25, 0.3) is 0 Å². The highest BCUT2D eigenvalue weighted by Crippen LogP contribution is 2.27. The predicted molar refractivity (Wildman–Crippen MR) is 90.5 cm³/mol. The average Bonchev–Trinajstić information content (AvgIpc) is 2.59. The number of halogens is 2. The molecule has 0 aliphatic rings. The summed E-state index contributed by atoms with van der Waals surface area (Å²) < 4.78 is 31.6. The molecule has 2 aromatic carbocycles. The molecule has 0 saturated carbocycles. The van der Waals surface area contributed by atoms with Gasteiger partial charge in [0.2, 0.25) is 5.95 Å². The zero-order valence-corrected chi connectivity index (χ0v) is 13.5. The molecule has 0 saturated heterocycles. The highest BCUT2D eigenvalue weighted by Gasteiger charge is 2.08. The Morgan fingerprint density at radius 2 is 1.84 bits per heavy atom. The quantitative estimate of drug-likeness (QED) is 0.731. The first kappa shape index (κ1) is 16.6. The van der Waals surface area contributed by atoms with E-state index in [0.29, 0.717) is 22.9 Å². The Hall–Kier alpha value is -3.29. The Morgan fingerprint density at radius 3 is 2.60 bits per heavy atom. The van der Waals surface area contributed by atoms with Gasteiger partial charge in [0.15, 0.2) is 17.5 Å². The number of anilines is 4. The van der Waals surface area contributed by atoms with Crippen LogP contribution in [0.15, 0.2) is 42.6 Å². The zero-order valence-electron chi connectivity index (χ0n) is 13.5. The molecule has 0 aliphatic carbocycles. The molecule has 0 bridgehead atoms. The second-order valence-corrected chi connectivity index (χ2v) is 5.25. The molecule has 0 radical (unpaired) electrons. The molecular weight excluding hydrogens is 328 g/mol. The maximum atomic E-state index is 13.3. The molecule has 0 aliphatic heterocycles. The van der Waals surface area contributed by atoms with E-state index in [1.165, 1.54) is 12.3 Å². The molecule has 1 aromatic heterocycles. The van der Waals surface area contributed by atoms with Gasteiger partial charge in [0, 0.05) is 11.8 Å². The lowest BCUT2D eigenvalue weighted by molar-refractivity contribution is 0.416. The Morgan fingerprint density at radius 1 is 1.00 bits per heavy atom. The molecular formula is C17H15F2N5O. The first-order valence-electron chi connectivity index (χ1n) is 7.38. The number of aryl methyl sites for hydroxylation is 1. The highest BCUT2D eigenvalue weighted by molar-refractivity contribution is 5.64. The predicted octanol–water partition coefficient (Wildman–Crippen LogP) is 3.95. The van der Waals surface area contributed by atoms with Crippen molar-refractivity contribution in [2.45, 2.75) is 6.92 Å². The van der Waals surface area contributed by atoms with Crippen LogP contribution in [0, 0.1) is 18.6 Å². The summed E-state index contributed by atoms with van der Waals surface area (Å²) in [5.74, 6) is -0.671. The van der Waals surface area contributed by atoms with Gasteiger partial charge in [-0.3, -0.25) is 0 Å². The molecule has 3 aromatic rings. The molecule has 0 amide bonds. The third-order valence-corrected chi connectivity index (χ3v) is 3.35. The van der Waals surface area contributed by atoms with E-state index in [-0.39, 0.29) is 5.95 Å². The van der Waals surface area contributed by atoms with E-state index in [4.69, 9.17) is 4.74 Å². The normalized spacial score (nSPS) is 10.4. The van der Waals surface area contributed by atoms with Crippen molar-refractivity contribution in [1.82, 2.24) is 15.2 Å². The van der Waals surface area contributed by atoms with Crippen molar-refractivity contribution in [3.8, 4) is 5.75 Å². The van der Waals surface area contributed by atoms with Crippen molar-refractivity contribution in [2.75, 3.05) is 17.7 Å². The van der Waals surface area contributed by atoms with Crippen LogP contribution in [-0.4, -0.2) is 22.3 Å². The Labute approximate surface area is 142 Å². The van der Waals surface area contributed by atoms with E-state index < -0.39 is 11.6 Å². The summed E-state index contributed by atoms with van der Waals surface area (Å²) in [5.41, 5.74) is 2.07. The summed E-state index contributed by atoms with van der Waals surface area (Å²) in [6.07, 6.45) is 1.37. The second-order valence-electron chi connectivity index (χ2n) is 5.25. The monoisotopic (exact) mass is 343 g/mol. The van der Waals surface area contributed by atoms with Crippen LogP contribution in [0.5, 0.6) is 5.75 Å². The molecule has 128 valence electrons. The van der Waals surface area contributed by atoms with Crippen molar-refractivity contribution < 1.29 is 13.5 Å². The van der Waals surface area contributed by atoms with Gasteiger partial charge in [-0.25, -0.2) is 8.78 Å². The van der Waals surface area contributed by atoms with E-state index in [0.717, 1.165) is 17.7 Å². The minimum atomic E-state index is -0.949. The van der Waals surface area contributed by atoms with Gasteiger partial charge in [-0.1, -0.05) is 6.07 Å². The smallest absolute Gasteiger partial charge is 0.249 e. The number of hydrogen-bond donors (Lipinski definition) is 2. The van der Waals surface area contributed by atoms with Crippen molar-refractivity contribution in [3.63, 3.8) is 0 Å². The Balaban J connectivity index is 1.82. The molecule has 25 heavy (non-hydrogen) atoms. The topological polar surface area (TPSA) is 72.0 Å². The van der Waals surface area contributed by atoms with Crippen molar-refractivity contribution in [2.24, 2.45) is 0 Å². The molecule has 8 heteroatoms. The third-order valence-electron chi connectivity index (χ3n) is 3.35. The number of hydrogen-bond acceptors (Lipinski definition) is 6. The first-order valence-corrected chi connectivity index (χ1v) is 7.38. The molecule has 1 heterocycles. The number of nitrogens with one attached hydrogen (secondary N) is 2. The third kappa shape index (κ3) is 3.97. The number of benzene rings is 2. The molecule has 6 nitrogen and oxygen atoms in total. The molecule has 0 spiro atoms. The first-order chi connectivity index (χ1) is 12.0. The van der Waals surface area contributed by atoms with Crippen molar-refractivity contribution >= 4 is 23.1 Å². The van der Waals surface area contributed by atoms with Crippen LogP contribution in [0.1, 0.15) is 5.56 Å². The summed E-state index contributed by atoms with van der Waals surface area (Å²) in [6.45, 7) is 1.95. The number of methoxy groups -OCH3 is 1. The average molecular weight is 343 g/mol. The van der Waals surface area contributed by atoms with Crippen LogP contribution < -0.4 is 15.4 Å². The van der Waals surface area contributed by atoms with E-state index in [9.17, 15) is 8.78 Å². The van der Waals surface area contributed by atoms with Gasteiger partial charge in [0.1, 0.15) is 5.75 Å². The van der Waals surface area contributed by atoms with Gasteiger partial charge in [-0.15, -0.1) is 5.10 Å². The standard InChI is InChI=1S/C17H15F2N5O/c1-10-3-6-15(25-2)14(7-10)22-17-23-16(9-20-24-17)21-11-4-5-12(18)13(19)8-11/h3-9H,1-2H3,(H2,21,22,23,24). The fourth-order valence-electron chi connectivity index (χ4n) is 2.18. The maximum absolute atomic E-state index is 13.3. The fraction of sp³-hybridized carbons (Fsp3) is 0.118. The van der Waals surface area contributed by atoms with Gasteiger partial charge < -0.3 is 15.4 Å². The van der Waals surface area contributed by atoms with Crippen LogP contribution >= 0.6 is 0 Å². The van der Waals surface area contributed by atoms with Gasteiger partial charge >= 0.3 is 0 Å². The van der Waals surface area contributed by atoms with Crippen LogP contribution in [0.2, 0.25) is 0 Å². The number of nitrogens with zero attached hydrogens (tertiary/aromatic N) is 3. The van der Waals surface area contributed by atoms with Crippen LogP contribution in [0.3, 0.4) is 0 Å². The van der Waals surface area contributed by atoms with Gasteiger partial charge in [-0.2, -0.15) is 10.1 Å². The Kier molecular flexibility index (Phi) is 4.69. The number of rotatable bonds is 5. The Bertz CT molecular complexity index is 904. The lowest BCUT2D eigenvalue weighted by atomic mass is 10.2. The number of ether oxygens (including phenoxy) is 1. The zero-order chi connectivity index (χ0) is 17.8. The van der Waals surface area contributed by atoms with Gasteiger partial charge in [-0.05, 0) is 36.8 Å². The summed E-state index contributed by atoms with van der Waals surface area (Å²) in [7, 11) is 1.57. The summed E-state index contributed by atoms with van der Waals surface area (Å²) in [4.78, 5) is 4.25. The van der Waals surface area contributed by atoms with Gasteiger partial charge in [0.25, 0.3) is 0 Å². The fourth-order valence-corrected chi connectivity index (χ4v) is 2.18. The second kappa shape index (κ2) is 7.08. The minimum Gasteiger partial charge on any atom is -0.495 e. The highest BCUT2D eigenvalue weighted by atomic mass is 19.2. The molecule has 0 fully saturated rings. The molecule has 0 atom stereocenters. The van der Waals surface area contributed by atoms with Crippen molar-refractivity contribution in [3.05, 3.63) is 59.8 Å². The SMILES string of the molecule is COc1ccc(C)cc1Nc1nncc(Nc2ccc(F)c(F)c2)n1. The van der Waals surface area contributed by atoms with Crippen LogP contribution in [0.4, 0.5) is 31.9 Å². The minimum absolute atomic E-state index is 0.233. The lowest BCUT2D eigenvalue weighted by Crippen LogP contribution is -2.03. The molecule has 0 unspecified atom stereocenters. The molecule has 2 N–H and O–H groups in total. The van der Waals surface area contributed by atoms with Crippen LogP contribution in [-0.2, 0) is 0 Å². The summed E-state index contributed by atoms with van der Waals surface area (Å²) in [5, 5.41) is 13.6. The summed E-state index contributed by atoms with van der Waals surface area (Å²) >= 11 is 0. The maximum Gasteiger partial charge on any atom is 0.249 e. The van der Waals surface area contributed by atoms with E-state index in [2.05, 4.69) is 25.8 Å². The summed E-state index contributed by atoms with van der Waals surface area (Å²) in [6, 6.07) is 9.10. The van der Waals surface area contributed by atoms with E-state index in [1.807, 2.05) is 25.1 Å². The largest absolute Gasteiger partial charge is 0.495 e. The van der Waals surface area contributed by atoms with E-state index >= 15 is 0 Å². The number of aromatic nitrogens is 3. The lowest BCUT2D eigenvalue weighted by Gasteiger charge is -2.11. The van der Waals surface area contributed by atoms with Gasteiger partial charge in [0.05, 0.1) is 19.0 Å².